The Labute approximate surface area is 113 Å². The van der Waals surface area contributed by atoms with E-state index in [1.165, 1.54) is 13.4 Å². The van der Waals surface area contributed by atoms with E-state index in [1.807, 2.05) is 0 Å². The molecule has 0 N–H and O–H groups in total. The van der Waals surface area contributed by atoms with E-state index >= 15 is 0 Å². The van der Waals surface area contributed by atoms with E-state index in [4.69, 9.17) is 4.74 Å². The van der Waals surface area contributed by atoms with E-state index in [0.29, 0.717) is 24.3 Å². The molecule has 1 amide bonds. The van der Waals surface area contributed by atoms with Crippen LogP contribution in [0.1, 0.15) is 16.8 Å². The van der Waals surface area contributed by atoms with Crippen LogP contribution in [0.4, 0.5) is 0 Å². The number of nitrogens with zero attached hydrogens (tertiary/aromatic N) is 1. The van der Waals surface area contributed by atoms with Crippen molar-refractivity contribution in [2.45, 2.75) is 11.7 Å². The Morgan fingerprint density at radius 2 is 2.05 bits per heavy atom. The van der Waals surface area contributed by atoms with Gasteiger partial charge in [-0.3, -0.25) is 4.79 Å². The van der Waals surface area contributed by atoms with Crippen LogP contribution in [0.5, 0.6) is 5.75 Å². The van der Waals surface area contributed by atoms with Gasteiger partial charge in [-0.2, -0.15) is 0 Å². The highest BCUT2D eigenvalue weighted by Crippen LogP contribution is 2.23. The fourth-order valence-electron chi connectivity index (χ4n) is 2.25. The average Bonchev–Trinajstić information content (AvgIpc) is 2.87. The molecule has 0 saturated carbocycles. The van der Waals surface area contributed by atoms with E-state index in [-0.39, 0.29) is 12.5 Å². The maximum Gasteiger partial charge on any atom is 0.257 e. The number of rotatable bonds is 3. The third-order valence-corrected chi connectivity index (χ3v) is 4.97. The van der Waals surface area contributed by atoms with Gasteiger partial charge in [0.05, 0.1) is 17.9 Å². The monoisotopic (exact) mass is 283 g/mol. The topological polar surface area (TPSA) is 63.7 Å². The maximum absolute atomic E-state index is 12.4. The molecule has 1 aromatic carbocycles. The molecule has 104 valence electrons. The van der Waals surface area contributed by atoms with Gasteiger partial charge >= 0.3 is 0 Å². The number of likely N-dealkylation sites (tertiary alicyclic amines) is 1. The minimum atomic E-state index is -3.09. The molecule has 0 aliphatic carbocycles. The maximum atomic E-state index is 12.4. The third-order valence-electron chi connectivity index (χ3n) is 3.38. The highest BCUT2D eigenvalue weighted by atomic mass is 32.2. The zero-order valence-corrected chi connectivity index (χ0v) is 11.8. The number of carbonyl (C=O) groups is 1. The molecule has 0 radical (unpaired) electrons. The number of benzene rings is 1. The lowest BCUT2D eigenvalue weighted by Gasteiger charge is -2.17. The normalized spacial score (nSPS) is 19.5. The Bertz CT molecular complexity index is 582. The molecule has 1 aliphatic heterocycles. The Morgan fingerprint density at radius 1 is 1.37 bits per heavy atom. The first-order chi connectivity index (χ1) is 8.93. The molecule has 0 bridgehead atoms. The fraction of sp³-hybridized carbons (Fsp3) is 0.462. The van der Waals surface area contributed by atoms with Crippen molar-refractivity contribution in [1.82, 2.24) is 4.90 Å². The number of amides is 1. The zero-order valence-electron chi connectivity index (χ0n) is 11.0. The van der Waals surface area contributed by atoms with E-state index in [0.717, 1.165) is 0 Å². The van der Waals surface area contributed by atoms with Crippen molar-refractivity contribution < 1.29 is 17.9 Å². The van der Waals surface area contributed by atoms with Crippen LogP contribution in [-0.4, -0.2) is 50.9 Å². The number of methoxy groups -OCH3 is 1. The van der Waals surface area contributed by atoms with Gasteiger partial charge in [-0.25, -0.2) is 8.42 Å². The quantitative estimate of drug-likeness (QED) is 0.828. The first-order valence-electron chi connectivity index (χ1n) is 6.04. The standard InChI is InChI=1S/C13H17NO4S/c1-18-12-6-4-3-5-11(12)13(15)14-8-7-10(9-14)19(2,16)17/h3-6,10H,7-9H2,1-2H3. The summed E-state index contributed by atoms with van der Waals surface area (Å²) < 4.78 is 28.2. The van der Waals surface area contributed by atoms with Gasteiger partial charge in [-0.1, -0.05) is 12.1 Å². The van der Waals surface area contributed by atoms with Crippen molar-refractivity contribution in [2.75, 3.05) is 26.5 Å². The Morgan fingerprint density at radius 3 is 2.63 bits per heavy atom. The van der Waals surface area contributed by atoms with Gasteiger partial charge in [0.25, 0.3) is 5.91 Å². The van der Waals surface area contributed by atoms with E-state index in [9.17, 15) is 13.2 Å². The summed E-state index contributed by atoms with van der Waals surface area (Å²) in [5.74, 6) is 0.332. The van der Waals surface area contributed by atoms with Crippen LogP contribution in [0.3, 0.4) is 0 Å². The third kappa shape index (κ3) is 2.89. The summed E-state index contributed by atoms with van der Waals surface area (Å²) in [6.45, 7) is 0.727. The van der Waals surface area contributed by atoms with E-state index in [1.54, 1.807) is 29.2 Å². The van der Waals surface area contributed by atoms with Gasteiger partial charge < -0.3 is 9.64 Å². The van der Waals surface area contributed by atoms with Crippen LogP contribution in [0.25, 0.3) is 0 Å². The largest absolute Gasteiger partial charge is 0.496 e. The highest BCUT2D eigenvalue weighted by Gasteiger charge is 2.33. The van der Waals surface area contributed by atoms with Crippen LogP contribution in [-0.2, 0) is 9.84 Å². The van der Waals surface area contributed by atoms with Crippen LogP contribution >= 0.6 is 0 Å². The molecule has 1 aromatic rings. The predicted octanol–water partition coefficient (Wildman–Crippen LogP) is 0.954. The molecule has 19 heavy (non-hydrogen) atoms. The molecule has 0 spiro atoms. The van der Waals surface area contributed by atoms with E-state index in [2.05, 4.69) is 0 Å². The summed E-state index contributed by atoms with van der Waals surface area (Å²) in [7, 11) is -1.58. The summed E-state index contributed by atoms with van der Waals surface area (Å²) in [6, 6.07) is 6.96. The molecule has 1 unspecified atom stereocenters. The lowest BCUT2D eigenvalue weighted by atomic mass is 10.2. The Hall–Kier alpha value is -1.56. The van der Waals surface area contributed by atoms with Crippen molar-refractivity contribution in [3.63, 3.8) is 0 Å². The summed E-state index contributed by atoms with van der Waals surface area (Å²) >= 11 is 0. The van der Waals surface area contributed by atoms with Crippen LogP contribution in [0, 0.1) is 0 Å². The summed E-state index contributed by atoms with van der Waals surface area (Å²) in [5, 5.41) is -0.453. The van der Waals surface area contributed by atoms with Gasteiger partial charge in [0.2, 0.25) is 0 Å². The summed E-state index contributed by atoms with van der Waals surface area (Å²) in [4.78, 5) is 13.9. The first-order valence-corrected chi connectivity index (χ1v) is 8.00. The fourth-order valence-corrected chi connectivity index (χ4v) is 3.24. The summed E-state index contributed by atoms with van der Waals surface area (Å²) in [5.41, 5.74) is 0.471. The second-order valence-corrected chi connectivity index (χ2v) is 7.02. The molecule has 0 aromatic heterocycles. The molecule has 1 aliphatic rings. The van der Waals surface area contributed by atoms with Crippen molar-refractivity contribution in [2.24, 2.45) is 0 Å². The molecule has 1 heterocycles. The first kappa shape index (κ1) is 13.9. The number of hydrogen-bond acceptors (Lipinski definition) is 4. The summed E-state index contributed by atoms with van der Waals surface area (Å²) in [6.07, 6.45) is 1.72. The lowest BCUT2D eigenvalue weighted by molar-refractivity contribution is 0.0790. The van der Waals surface area contributed by atoms with Crippen LogP contribution in [0.2, 0.25) is 0 Å². The van der Waals surface area contributed by atoms with Gasteiger partial charge in [-0.15, -0.1) is 0 Å². The van der Waals surface area contributed by atoms with Crippen LogP contribution in [0.15, 0.2) is 24.3 Å². The minimum Gasteiger partial charge on any atom is -0.496 e. The average molecular weight is 283 g/mol. The molecule has 6 heteroatoms. The molecular weight excluding hydrogens is 266 g/mol. The van der Waals surface area contributed by atoms with Gasteiger partial charge in [-0.05, 0) is 18.6 Å². The second kappa shape index (κ2) is 5.21. The molecule has 1 saturated heterocycles. The number of sulfone groups is 1. The Balaban J connectivity index is 2.18. The molecule has 1 fully saturated rings. The zero-order chi connectivity index (χ0) is 14.0. The van der Waals surface area contributed by atoms with Crippen molar-refractivity contribution in [3.05, 3.63) is 29.8 Å². The SMILES string of the molecule is COc1ccccc1C(=O)N1CCC(S(C)(=O)=O)C1. The Kier molecular flexibility index (Phi) is 3.80. The van der Waals surface area contributed by atoms with Gasteiger partial charge in [0.15, 0.2) is 9.84 Å². The minimum absolute atomic E-state index is 0.177. The van der Waals surface area contributed by atoms with Crippen LogP contribution < -0.4 is 4.74 Å². The van der Waals surface area contributed by atoms with Crippen molar-refractivity contribution in [1.29, 1.82) is 0 Å². The predicted molar refractivity (Wildman–Crippen MR) is 72.1 cm³/mol. The second-order valence-electron chi connectivity index (χ2n) is 4.69. The van der Waals surface area contributed by atoms with Crippen molar-refractivity contribution in [3.8, 4) is 5.75 Å². The van der Waals surface area contributed by atoms with Gasteiger partial charge in [0.1, 0.15) is 5.75 Å². The molecule has 1 atom stereocenters. The molecule has 2 rings (SSSR count). The van der Waals surface area contributed by atoms with Crippen molar-refractivity contribution >= 4 is 15.7 Å². The number of ether oxygens (including phenoxy) is 1. The number of carbonyl (C=O) groups excluding carboxylic acids is 1. The highest BCUT2D eigenvalue weighted by molar-refractivity contribution is 7.91. The smallest absolute Gasteiger partial charge is 0.257 e. The molecule has 5 nitrogen and oxygen atoms in total. The molecular formula is C13H17NO4S. The number of hydrogen-bond donors (Lipinski definition) is 0. The number of para-hydroxylation sites is 1. The lowest BCUT2D eigenvalue weighted by Crippen LogP contribution is -2.31. The van der Waals surface area contributed by atoms with Gasteiger partial charge in [0, 0.05) is 19.3 Å². The van der Waals surface area contributed by atoms with E-state index < -0.39 is 15.1 Å².